The zero-order chi connectivity index (χ0) is 10.1. The molecule has 1 aromatic heterocycles. The lowest BCUT2D eigenvalue weighted by atomic mass is 10.3. The number of aromatic carboxylic acids is 1. The van der Waals surface area contributed by atoms with Gasteiger partial charge >= 0.3 is 5.97 Å². The summed E-state index contributed by atoms with van der Waals surface area (Å²) in [5, 5.41) is 9.78. The van der Waals surface area contributed by atoms with Gasteiger partial charge in [-0.25, -0.2) is 4.79 Å². The van der Waals surface area contributed by atoms with E-state index in [4.69, 9.17) is 5.11 Å². The highest BCUT2D eigenvalue weighted by molar-refractivity contribution is 14.1. The fourth-order valence-corrected chi connectivity index (χ4v) is 3.28. The van der Waals surface area contributed by atoms with E-state index in [1.807, 2.05) is 14.8 Å². The first-order valence-electron chi connectivity index (χ1n) is 3.94. The molecule has 2 rings (SSSR count). The van der Waals surface area contributed by atoms with E-state index in [-0.39, 0.29) is 0 Å². The van der Waals surface area contributed by atoms with Gasteiger partial charge in [-0.05, 0) is 40.4 Å². The zero-order valence-corrected chi connectivity index (χ0v) is 10.1. The van der Waals surface area contributed by atoms with E-state index in [0.29, 0.717) is 5.56 Å². The Kier molecular flexibility index (Phi) is 2.78. The zero-order valence-electron chi connectivity index (χ0n) is 7.11. The summed E-state index contributed by atoms with van der Waals surface area (Å²) in [6.45, 7) is 0. The largest absolute Gasteiger partial charge is 0.477 e. The SMILES string of the molecule is O=C(O)c1ccc[n+]2c1SCC2=CI. The van der Waals surface area contributed by atoms with Crippen molar-refractivity contribution in [2.24, 2.45) is 0 Å². The number of hydrogen-bond donors (Lipinski definition) is 1. The molecule has 0 spiro atoms. The van der Waals surface area contributed by atoms with Gasteiger partial charge in [-0.3, -0.25) is 0 Å². The highest BCUT2D eigenvalue weighted by Gasteiger charge is 2.30. The maximum absolute atomic E-state index is 10.9. The number of hydrogen-bond acceptors (Lipinski definition) is 2. The Hall–Kier alpha value is -0.560. The molecule has 3 nitrogen and oxygen atoms in total. The van der Waals surface area contributed by atoms with Crippen LogP contribution in [-0.2, 0) is 0 Å². The number of aromatic nitrogens is 1. The van der Waals surface area contributed by atoms with Crippen LogP contribution in [0.3, 0.4) is 0 Å². The molecule has 1 aromatic rings. The van der Waals surface area contributed by atoms with Crippen LogP contribution < -0.4 is 4.57 Å². The first-order valence-corrected chi connectivity index (χ1v) is 6.17. The van der Waals surface area contributed by atoms with Crippen LogP contribution in [0.2, 0.25) is 0 Å². The van der Waals surface area contributed by atoms with Crippen molar-refractivity contribution >= 4 is 46.0 Å². The Balaban J connectivity index is 2.61. The molecular formula is C9H7INO2S+. The molecule has 14 heavy (non-hydrogen) atoms. The minimum atomic E-state index is -0.864. The monoisotopic (exact) mass is 320 g/mol. The topological polar surface area (TPSA) is 41.2 Å². The Labute approximate surface area is 99.0 Å². The third-order valence-corrected chi connectivity index (χ3v) is 3.82. The minimum Gasteiger partial charge on any atom is -0.477 e. The maximum Gasteiger partial charge on any atom is 0.343 e. The van der Waals surface area contributed by atoms with Crippen LogP contribution in [0.5, 0.6) is 0 Å². The van der Waals surface area contributed by atoms with Gasteiger partial charge in [0.15, 0.2) is 6.20 Å². The number of carboxylic acid groups (broad SMARTS) is 1. The van der Waals surface area contributed by atoms with Gasteiger partial charge in [-0.2, -0.15) is 4.57 Å². The molecule has 72 valence electrons. The molecule has 0 saturated carbocycles. The molecular weight excluding hydrogens is 313 g/mol. The standard InChI is InChI=1S/C9H6INO2S/c10-4-6-5-14-8-7(9(12)13)2-1-3-11(6)8/h1-4H,5H2/p+1. The van der Waals surface area contributed by atoms with Crippen molar-refractivity contribution in [3.8, 4) is 0 Å². The highest BCUT2D eigenvalue weighted by atomic mass is 127. The van der Waals surface area contributed by atoms with Gasteiger partial charge in [-0.15, -0.1) is 0 Å². The van der Waals surface area contributed by atoms with Crippen molar-refractivity contribution in [2.75, 3.05) is 5.75 Å². The molecule has 0 atom stereocenters. The predicted molar refractivity (Wildman–Crippen MR) is 62.6 cm³/mol. The Morgan fingerprint density at radius 2 is 2.50 bits per heavy atom. The van der Waals surface area contributed by atoms with Gasteiger partial charge in [0, 0.05) is 10.1 Å². The molecule has 1 N–H and O–H groups in total. The van der Waals surface area contributed by atoms with Gasteiger partial charge in [0.25, 0.3) is 5.03 Å². The molecule has 0 aromatic carbocycles. The van der Waals surface area contributed by atoms with E-state index in [2.05, 4.69) is 22.6 Å². The van der Waals surface area contributed by atoms with Crippen LogP contribution in [0.25, 0.3) is 5.70 Å². The lowest BCUT2D eigenvalue weighted by molar-refractivity contribution is -0.618. The summed E-state index contributed by atoms with van der Waals surface area (Å²) < 4.78 is 3.91. The van der Waals surface area contributed by atoms with Gasteiger partial charge in [-0.1, -0.05) is 0 Å². The van der Waals surface area contributed by atoms with Gasteiger partial charge < -0.3 is 5.11 Å². The normalized spacial score (nSPS) is 17.1. The highest BCUT2D eigenvalue weighted by Crippen LogP contribution is 2.28. The molecule has 2 heterocycles. The van der Waals surface area contributed by atoms with Crippen molar-refractivity contribution in [3.63, 3.8) is 0 Å². The molecule has 5 heteroatoms. The molecule has 0 amide bonds. The minimum absolute atomic E-state index is 0.380. The summed E-state index contributed by atoms with van der Waals surface area (Å²) in [6, 6.07) is 3.40. The second-order valence-electron chi connectivity index (χ2n) is 2.79. The molecule has 0 saturated heterocycles. The lowest BCUT2D eigenvalue weighted by Crippen LogP contribution is -2.32. The number of nitrogens with zero attached hydrogens (tertiary/aromatic N) is 1. The summed E-state index contributed by atoms with van der Waals surface area (Å²) in [7, 11) is 0. The quantitative estimate of drug-likeness (QED) is 0.636. The number of fused-ring (bicyclic) bond motifs is 1. The van der Waals surface area contributed by atoms with Crippen molar-refractivity contribution in [1.29, 1.82) is 0 Å². The molecule has 0 bridgehead atoms. The molecule has 1 aliphatic rings. The Morgan fingerprint density at radius 1 is 1.71 bits per heavy atom. The van der Waals surface area contributed by atoms with Crippen LogP contribution in [0, 0.1) is 0 Å². The van der Waals surface area contributed by atoms with Crippen molar-refractivity contribution in [2.45, 2.75) is 5.03 Å². The summed E-state index contributed by atoms with van der Waals surface area (Å²) in [4.78, 5) is 10.9. The smallest absolute Gasteiger partial charge is 0.343 e. The van der Waals surface area contributed by atoms with Crippen molar-refractivity contribution < 1.29 is 14.5 Å². The molecule has 1 aliphatic heterocycles. The van der Waals surface area contributed by atoms with Gasteiger partial charge in [0.05, 0.1) is 5.75 Å². The first kappa shape index (κ1) is 9.97. The first-order chi connectivity index (χ1) is 6.74. The van der Waals surface area contributed by atoms with E-state index < -0.39 is 5.97 Å². The van der Waals surface area contributed by atoms with E-state index >= 15 is 0 Å². The number of thioether (sulfide) groups is 1. The fourth-order valence-electron chi connectivity index (χ4n) is 1.33. The molecule has 0 fully saturated rings. The number of pyridine rings is 1. The van der Waals surface area contributed by atoms with Gasteiger partial charge in [0.2, 0.25) is 5.70 Å². The molecule has 0 unspecified atom stereocenters. The third kappa shape index (κ3) is 1.54. The van der Waals surface area contributed by atoms with Crippen LogP contribution in [0.15, 0.2) is 27.4 Å². The second kappa shape index (κ2) is 3.90. The van der Waals surface area contributed by atoms with E-state index in [0.717, 1.165) is 16.5 Å². The molecule has 0 radical (unpaired) electrons. The van der Waals surface area contributed by atoms with E-state index in [1.165, 1.54) is 0 Å². The second-order valence-corrected chi connectivity index (χ2v) is 4.38. The Morgan fingerprint density at radius 3 is 3.14 bits per heavy atom. The van der Waals surface area contributed by atoms with Crippen molar-refractivity contribution in [1.82, 2.24) is 0 Å². The summed E-state index contributed by atoms with van der Waals surface area (Å²) in [5.74, 6) is -0.0238. The third-order valence-electron chi connectivity index (χ3n) is 1.97. The van der Waals surface area contributed by atoms with Crippen molar-refractivity contribution in [3.05, 3.63) is 28.0 Å². The van der Waals surface area contributed by atoms with Gasteiger partial charge in [0.1, 0.15) is 5.56 Å². The van der Waals surface area contributed by atoms with E-state index in [1.54, 1.807) is 23.9 Å². The number of carbonyl (C=O) groups is 1. The lowest BCUT2D eigenvalue weighted by Gasteiger charge is -1.95. The molecule has 0 aliphatic carbocycles. The average Bonchev–Trinajstić information content (AvgIpc) is 2.59. The number of rotatable bonds is 1. The summed E-state index contributed by atoms with van der Waals surface area (Å²) >= 11 is 3.74. The van der Waals surface area contributed by atoms with Crippen LogP contribution in [0.1, 0.15) is 10.4 Å². The average molecular weight is 320 g/mol. The summed E-state index contributed by atoms with van der Waals surface area (Å²) in [5.41, 5.74) is 1.51. The number of halogens is 1. The van der Waals surface area contributed by atoms with Crippen LogP contribution in [0.4, 0.5) is 0 Å². The maximum atomic E-state index is 10.9. The van der Waals surface area contributed by atoms with E-state index in [9.17, 15) is 4.79 Å². The predicted octanol–water partition coefficient (Wildman–Crippen LogP) is 2.01. The van der Waals surface area contributed by atoms with Crippen LogP contribution in [-0.4, -0.2) is 16.8 Å². The van der Waals surface area contributed by atoms with Crippen LogP contribution >= 0.6 is 34.4 Å². The fraction of sp³-hybridized carbons (Fsp3) is 0.111. The Bertz CT molecular complexity index is 431. The number of carboxylic acids is 1. The summed E-state index contributed by atoms with van der Waals surface area (Å²) in [6.07, 6.45) is 1.90.